The van der Waals surface area contributed by atoms with E-state index in [0.29, 0.717) is 5.69 Å². The molecule has 18 heavy (non-hydrogen) atoms. The molecule has 0 bridgehead atoms. The van der Waals surface area contributed by atoms with Crippen LogP contribution in [0, 0.1) is 0 Å². The standard InChI is InChI=1S/C11H10N4O3/c1-15-6-7(2-5-10(15)17)12-11(18)8-3-4-9(16)14-13-8/h2-6H,1H3,(H,12,18)(H,14,16). The predicted octanol–water partition coefficient (Wildman–Crippen LogP) is -0.279. The Balaban J connectivity index is 2.21. The number of aromatic nitrogens is 3. The van der Waals surface area contributed by atoms with Gasteiger partial charge < -0.3 is 9.88 Å². The smallest absolute Gasteiger partial charge is 0.276 e. The topological polar surface area (TPSA) is 96.8 Å². The van der Waals surface area contributed by atoms with Crippen molar-refractivity contribution in [1.29, 1.82) is 0 Å². The maximum absolute atomic E-state index is 11.7. The first-order valence-electron chi connectivity index (χ1n) is 5.10. The summed E-state index contributed by atoms with van der Waals surface area (Å²) >= 11 is 0. The van der Waals surface area contributed by atoms with Gasteiger partial charge in [-0.3, -0.25) is 14.4 Å². The summed E-state index contributed by atoms with van der Waals surface area (Å²) < 4.78 is 1.34. The summed E-state index contributed by atoms with van der Waals surface area (Å²) in [4.78, 5) is 33.7. The third-order valence-corrected chi connectivity index (χ3v) is 2.26. The van der Waals surface area contributed by atoms with E-state index in [9.17, 15) is 14.4 Å². The molecule has 7 nitrogen and oxygen atoms in total. The van der Waals surface area contributed by atoms with Crippen molar-refractivity contribution in [1.82, 2.24) is 14.8 Å². The Labute approximate surface area is 101 Å². The van der Waals surface area contributed by atoms with Crippen molar-refractivity contribution < 1.29 is 4.79 Å². The van der Waals surface area contributed by atoms with Crippen molar-refractivity contribution in [2.45, 2.75) is 0 Å². The minimum atomic E-state index is -0.468. The Kier molecular flexibility index (Phi) is 3.05. The number of rotatable bonds is 2. The number of hydrogen-bond acceptors (Lipinski definition) is 4. The average Bonchev–Trinajstić information content (AvgIpc) is 2.34. The molecule has 0 aromatic carbocycles. The first-order chi connectivity index (χ1) is 8.56. The molecule has 0 saturated heterocycles. The van der Waals surface area contributed by atoms with Crippen molar-refractivity contribution >= 4 is 11.6 Å². The Morgan fingerprint density at radius 3 is 2.67 bits per heavy atom. The maximum Gasteiger partial charge on any atom is 0.276 e. The van der Waals surface area contributed by atoms with Crippen LogP contribution in [0.3, 0.4) is 0 Å². The first-order valence-corrected chi connectivity index (χ1v) is 5.10. The van der Waals surface area contributed by atoms with Crippen LogP contribution in [-0.2, 0) is 7.05 Å². The normalized spacial score (nSPS) is 10.1. The quantitative estimate of drug-likeness (QED) is 0.761. The molecule has 92 valence electrons. The molecule has 7 heteroatoms. The molecule has 0 radical (unpaired) electrons. The minimum absolute atomic E-state index is 0.0865. The second-order valence-corrected chi connectivity index (χ2v) is 3.63. The molecule has 2 aromatic rings. The van der Waals surface area contributed by atoms with Gasteiger partial charge in [-0.1, -0.05) is 0 Å². The maximum atomic E-state index is 11.7. The molecule has 0 aliphatic heterocycles. The van der Waals surface area contributed by atoms with Gasteiger partial charge in [-0.2, -0.15) is 5.10 Å². The molecule has 0 fully saturated rings. The summed E-state index contributed by atoms with van der Waals surface area (Å²) in [7, 11) is 1.58. The Morgan fingerprint density at radius 1 is 1.28 bits per heavy atom. The van der Waals surface area contributed by atoms with E-state index in [1.54, 1.807) is 7.05 Å². The second kappa shape index (κ2) is 4.66. The number of aromatic amines is 1. The lowest BCUT2D eigenvalue weighted by Gasteiger charge is -2.05. The van der Waals surface area contributed by atoms with Crippen LogP contribution in [0.15, 0.2) is 40.1 Å². The van der Waals surface area contributed by atoms with Crippen LogP contribution < -0.4 is 16.4 Å². The van der Waals surface area contributed by atoms with Crippen LogP contribution in [0.5, 0.6) is 0 Å². The Morgan fingerprint density at radius 2 is 2.06 bits per heavy atom. The highest BCUT2D eigenvalue weighted by Gasteiger charge is 2.07. The minimum Gasteiger partial charge on any atom is -0.319 e. The van der Waals surface area contributed by atoms with Crippen molar-refractivity contribution in [2.75, 3.05) is 5.32 Å². The number of nitrogens with zero attached hydrogens (tertiary/aromatic N) is 2. The third kappa shape index (κ3) is 2.51. The van der Waals surface area contributed by atoms with Crippen molar-refractivity contribution in [3.8, 4) is 0 Å². The molecule has 2 heterocycles. The summed E-state index contributed by atoms with van der Waals surface area (Å²) in [5.74, 6) is -0.468. The van der Waals surface area contributed by atoms with Crippen LogP contribution in [-0.4, -0.2) is 20.7 Å². The van der Waals surface area contributed by atoms with Gasteiger partial charge >= 0.3 is 0 Å². The zero-order valence-electron chi connectivity index (χ0n) is 9.51. The van der Waals surface area contributed by atoms with Crippen LogP contribution in [0.25, 0.3) is 0 Å². The van der Waals surface area contributed by atoms with E-state index >= 15 is 0 Å². The van der Waals surface area contributed by atoms with E-state index < -0.39 is 5.91 Å². The van der Waals surface area contributed by atoms with Crippen LogP contribution in [0.4, 0.5) is 5.69 Å². The molecule has 0 aliphatic rings. The van der Waals surface area contributed by atoms with Gasteiger partial charge in [0.25, 0.3) is 11.5 Å². The molecule has 0 spiro atoms. The summed E-state index contributed by atoms with van der Waals surface area (Å²) in [6.07, 6.45) is 1.49. The van der Waals surface area contributed by atoms with E-state index in [4.69, 9.17) is 0 Å². The average molecular weight is 246 g/mol. The predicted molar refractivity (Wildman–Crippen MR) is 64.5 cm³/mol. The molecule has 0 unspecified atom stereocenters. The van der Waals surface area contributed by atoms with Gasteiger partial charge in [-0.05, 0) is 12.1 Å². The van der Waals surface area contributed by atoms with E-state index in [2.05, 4.69) is 15.5 Å². The van der Waals surface area contributed by atoms with Gasteiger partial charge in [0.15, 0.2) is 0 Å². The number of aryl methyl sites for hydroxylation is 1. The van der Waals surface area contributed by atoms with E-state index in [1.165, 1.54) is 35.0 Å². The Hall–Kier alpha value is -2.70. The molecule has 0 atom stereocenters. The van der Waals surface area contributed by atoms with Gasteiger partial charge in [0, 0.05) is 25.4 Å². The molecule has 1 amide bonds. The second-order valence-electron chi connectivity index (χ2n) is 3.63. The third-order valence-electron chi connectivity index (χ3n) is 2.26. The lowest BCUT2D eigenvalue weighted by Crippen LogP contribution is -2.20. The van der Waals surface area contributed by atoms with Crippen LogP contribution in [0.2, 0.25) is 0 Å². The molecule has 0 aliphatic carbocycles. The fourth-order valence-corrected chi connectivity index (χ4v) is 1.33. The molecule has 0 saturated carbocycles. The van der Waals surface area contributed by atoms with Crippen LogP contribution in [0.1, 0.15) is 10.5 Å². The fraction of sp³-hybridized carbons (Fsp3) is 0.0909. The lowest BCUT2D eigenvalue weighted by molar-refractivity contribution is 0.102. The zero-order chi connectivity index (χ0) is 13.1. The van der Waals surface area contributed by atoms with Crippen molar-refractivity contribution in [2.24, 2.45) is 7.05 Å². The number of H-pyrrole nitrogens is 1. The number of nitrogens with one attached hydrogen (secondary N) is 2. The van der Waals surface area contributed by atoms with Gasteiger partial charge in [-0.15, -0.1) is 0 Å². The molecule has 2 rings (SSSR count). The highest BCUT2D eigenvalue weighted by Crippen LogP contribution is 2.04. The lowest BCUT2D eigenvalue weighted by atomic mass is 10.3. The fourth-order valence-electron chi connectivity index (χ4n) is 1.33. The highest BCUT2D eigenvalue weighted by molar-refractivity contribution is 6.02. The SMILES string of the molecule is Cn1cc(NC(=O)c2ccc(=O)[nH]n2)ccc1=O. The van der Waals surface area contributed by atoms with Crippen molar-refractivity contribution in [3.63, 3.8) is 0 Å². The largest absolute Gasteiger partial charge is 0.319 e. The van der Waals surface area contributed by atoms with E-state index in [-0.39, 0.29) is 16.8 Å². The van der Waals surface area contributed by atoms with E-state index in [0.717, 1.165) is 0 Å². The number of anilines is 1. The summed E-state index contributed by atoms with van der Waals surface area (Å²) in [6.45, 7) is 0. The zero-order valence-corrected chi connectivity index (χ0v) is 9.51. The van der Waals surface area contributed by atoms with Crippen LogP contribution >= 0.6 is 0 Å². The van der Waals surface area contributed by atoms with Gasteiger partial charge in [0.05, 0.1) is 5.69 Å². The van der Waals surface area contributed by atoms with Crippen molar-refractivity contribution in [3.05, 3.63) is 56.9 Å². The number of carbonyl (C=O) groups is 1. The molecular weight excluding hydrogens is 236 g/mol. The highest BCUT2D eigenvalue weighted by atomic mass is 16.2. The molecule has 2 N–H and O–H groups in total. The Bertz CT molecular complexity index is 681. The monoisotopic (exact) mass is 246 g/mol. The molecule has 2 aromatic heterocycles. The first kappa shape index (κ1) is 11.8. The summed E-state index contributed by atoms with van der Waals surface area (Å²) in [5.41, 5.74) is 0.00220. The summed E-state index contributed by atoms with van der Waals surface area (Å²) in [5, 5.41) is 8.32. The van der Waals surface area contributed by atoms with E-state index in [1.807, 2.05) is 0 Å². The number of carbonyl (C=O) groups excluding carboxylic acids is 1. The van der Waals surface area contributed by atoms with Gasteiger partial charge in [-0.25, -0.2) is 5.10 Å². The number of pyridine rings is 1. The summed E-state index contributed by atoms with van der Waals surface area (Å²) in [6, 6.07) is 5.36. The molecular formula is C11H10N4O3. The number of hydrogen-bond donors (Lipinski definition) is 2. The van der Waals surface area contributed by atoms with Gasteiger partial charge in [0.2, 0.25) is 5.56 Å². The van der Waals surface area contributed by atoms with Gasteiger partial charge in [0.1, 0.15) is 5.69 Å². The number of amides is 1.